The summed E-state index contributed by atoms with van der Waals surface area (Å²) in [6.07, 6.45) is -0.901. The molecule has 1 saturated heterocycles. The standard InChI is InChI=1S/C10H12N4O5.C8H8N2O2/c15-1-4-6(16)7(17)10(19-4)14-3-13-5-8(14)11-2-12-9(5)18;11-10(12)7-1-2-8-6(5-7)3-4-9-8/h2-4,6-7,10,15-17H,1H2,(H,11,12,18);1-2,5,9H,3-4H2/t4-,6-,7-,10-;/m1./s1. The van der Waals surface area contributed by atoms with Crippen LogP contribution in [-0.4, -0.2) is 76.3 Å². The summed E-state index contributed by atoms with van der Waals surface area (Å²) in [5.41, 5.74) is 2.69. The predicted molar refractivity (Wildman–Crippen MR) is 105 cm³/mol. The molecule has 31 heavy (non-hydrogen) atoms. The van der Waals surface area contributed by atoms with E-state index in [4.69, 9.17) is 9.84 Å². The quantitative estimate of drug-likeness (QED) is 0.270. The van der Waals surface area contributed by atoms with Gasteiger partial charge in [0.1, 0.15) is 24.6 Å². The number of hydrogen-bond donors (Lipinski definition) is 5. The Morgan fingerprint density at radius 1 is 1.26 bits per heavy atom. The molecule has 2 aliphatic rings. The van der Waals surface area contributed by atoms with Crippen LogP contribution in [0.25, 0.3) is 11.2 Å². The van der Waals surface area contributed by atoms with Gasteiger partial charge < -0.3 is 30.5 Å². The Kier molecular flexibility index (Phi) is 5.65. The van der Waals surface area contributed by atoms with E-state index >= 15 is 0 Å². The Hall–Kier alpha value is -3.39. The van der Waals surface area contributed by atoms with Crippen LogP contribution in [-0.2, 0) is 11.2 Å². The molecule has 4 heterocycles. The highest BCUT2D eigenvalue weighted by molar-refractivity contribution is 5.75. The van der Waals surface area contributed by atoms with Gasteiger partial charge in [-0.1, -0.05) is 0 Å². The number of ether oxygens (including phenoxy) is 1. The van der Waals surface area contributed by atoms with Crippen molar-refractivity contribution in [2.75, 3.05) is 18.5 Å². The first kappa shape index (κ1) is 20.9. The van der Waals surface area contributed by atoms with Crippen LogP contribution in [0.15, 0.2) is 30.9 Å². The average molecular weight is 432 g/mol. The second kappa shape index (κ2) is 8.39. The van der Waals surface area contributed by atoms with Crippen LogP contribution in [0, 0.1) is 10.1 Å². The fourth-order valence-electron chi connectivity index (χ4n) is 3.54. The van der Waals surface area contributed by atoms with E-state index in [0.717, 1.165) is 30.5 Å². The van der Waals surface area contributed by atoms with Crippen LogP contribution in [0.1, 0.15) is 11.8 Å². The molecule has 13 nitrogen and oxygen atoms in total. The summed E-state index contributed by atoms with van der Waals surface area (Å²) in [5.74, 6) is -0.282. The van der Waals surface area contributed by atoms with E-state index in [9.17, 15) is 25.4 Å². The summed E-state index contributed by atoms with van der Waals surface area (Å²) < 4.78 is 6.73. The lowest BCUT2D eigenvalue weighted by Crippen LogP contribution is -2.33. The normalized spacial score (nSPS) is 24.4. The van der Waals surface area contributed by atoms with Crippen LogP contribution >= 0.6 is 0 Å². The topological polar surface area (TPSA) is 189 Å². The number of benzene rings is 1. The summed E-state index contributed by atoms with van der Waals surface area (Å²) in [6, 6.07) is 4.92. The van der Waals surface area contributed by atoms with Gasteiger partial charge in [0.05, 0.1) is 17.9 Å². The Morgan fingerprint density at radius 2 is 2.06 bits per heavy atom. The number of aliphatic hydroxyl groups excluding tert-OH is 3. The monoisotopic (exact) mass is 432 g/mol. The maximum Gasteiger partial charge on any atom is 0.269 e. The second-order valence-corrected chi connectivity index (χ2v) is 7.03. The zero-order valence-corrected chi connectivity index (χ0v) is 16.1. The number of hydrogen-bond acceptors (Lipinski definition) is 11. The van der Waals surface area contributed by atoms with E-state index in [1.54, 1.807) is 12.1 Å². The van der Waals surface area contributed by atoms with Gasteiger partial charge in [0.2, 0.25) is 5.88 Å². The molecule has 0 radical (unpaired) electrons. The number of aromatic nitrogens is 4. The molecule has 4 atom stereocenters. The van der Waals surface area contributed by atoms with Crippen LogP contribution in [0.3, 0.4) is 0 Å². The molecule has 5 rings (SSSR count). The molecular formula is C18H20N6O7. The number of imidazole rings is 1. The minimum absolute atomic E-state index is 0.167. The largest absolute Gasteiger partial charge is 0.492 e. The third kappa shape index (κ3) is 3.86. The van der Waals surface area contributed by atoms with Crippen molar-refractivity contribution in [1.82, 2.24) is 19.5 Å². The van der Waals surface area contributed by atoms with Crippen LogP contribution in [0.4, 0.5) is 11.4 Å². The van der Waals surface area contributed by atoms with Crippen LogP contribution in [0.5, 0.6) is 5.88 Å². The number of nitrogens with zero attached hydrogens (tertiary/aromatic N) is 5. The van der Waals surface area contributed by atoms with E-state index in [2.05, 4.69) is 20.3 Å². The van der Waals surface area contributed by atoms with Crippen LogP contribution < -0.4 is 5.32 Å². The van der Waals surface area contributed by atoms with Gasteiger partial charge in [0.25, 0.3) is 5.69 Å². The lowest BCUT2D eigenvalue weighted by molar-refractivity contribution is -0.384. The van der Waals surface area contributed by atoms with Gasteiger partial charge in [-0.05, 0) is 18.1 Å². The first-order valence-electron chi connectivity index (χ1n) is 9.41. The molecule has 0 aliphatic carbocycles. The van der Waals surface area contributed by atoms with Crippen molar-refractivity contribution >= 4 is 22.5 Å². The van der Waals surface area contributed by atoms with Crippen LogP contribution in [0.2, 0.25) is 0 Å². The summed E-state index contributed by atoms with van der Waals surface area (Å²) in [6.45, 7) is 0.470. The molecule has 2 aliphatic heterocycles. The molecule has 3 aromatic rings. The molecule has 164 valence electrons. The lowest BCUT2D eigenvalue weighted by Gasteiger charge is -2.16. The molecule has 0 amide bonds. The van der Waals surface area contributed by atoms with Crippen molar-refractivity contribution in [1.29, 1.82) is 0 Å². The van der Waals surface area contributed by atoms with E-state index in [1.165, 1.54) is 17.0 Å². The number of aliphatic hydroxyl groups is 3. The molecule has 13 heteroatoms. The molecule has 1 fully saturated rings. The van der Waals surface area contributed by atoms with Gasteiger partial charge in [-0.25, -0.2) is 9.97 Å². The third-order valence-corrected chi connectivity index (χ3v) is 5.14. The number of nitro benzene ring substituents is 1. The lowest BCUT2D eigenvalue weighted by atomic mass is 10.1. The number of rotatable bonds is 3. The molecular weight excluding hydrogens is 412 g/mol. The smallest absolute Gasteiger partial charge is 0.269 e. The summed E-state index contributed by atoms with van der Waals surface area (Å²) >= 11 is 0. The summed E-state index contributed by atoms with van der Waals surface area (Å²) in [7, 11) is 0. The predicted octanol–water partition coefficient (Wildman–Crippen LogP) is -0.294. The molecule has 0 unspecified atom stereocenters. The van der Waals surface area contributed by atoms with Crippen molar-refractivity contribution in [3.05, 3.63) is 46.5 Å². The maximum atomic E-state index is 10.4. The number of aromatic hydroxyl groups is 1. The van der Waals surface area contributed by atoms with Crippen molar-refractivity contribution < 1.29 is 30.1 Å². The molecule has 1 aromatic carbocycles. The highest BCUT2D eigenvalue weighted by atomic mass is 16.6. The van der Waals surface area contributed by atoms with Gasteiger partial charge >= 0.3 is 0 Å². The van der Waals surface area contributed by atoms with Gasteiger partial charge in [-0.2, -0.15) is 4.98 Å². The summed E-state index contributed by atoms with van der Waals surface area (Å²) in [5, 5.41) is 51.7. The van der Waals surface area contributed by atoms with Crippen molar-refractivity contribution in [3.63, 3.8) is 0 Å². The summed E-state index contributed by atoms with van der Waals surface area (Å²) in [4.78, 5) is 21.5. The Labute approximate surface area is 174 Å². The third-order valence-electron chi connectivity index (χ3n) is 5.14. The van der Waals surface area contributed by atoms with E-state index in [0.29, 0.717) is 0 Å². The fourth-order valence-corrected chi connectivity index (χ4v) is 3.54. The number of non-ortho nitro benzene ring substituents is 1. The zero-order valence-electron chi connectivity index (χ0n) is 16.1. The van der Waals surface area contributed by atoms with E-state index in [1.807, 2.05) is 0 Å². The number of nitrogens with one attached hydrogen (secondary N) is 1. The Morgan fingerprint density at radius 3 is 2.77 bits per heavy atom. The van der Waals surface area contributed by atoms with Gasteiger partial charge in [0.15, 0.2) is 17.4 Å². The Balaban J connectivity index is 0.000000166. The minimum Gasteiger partial charge on any atom is -0.492 e. The van der Waals surface area contributed by atoms with Gasteiger partial charge in [-0.3, -0.25) is 14.7 Å². The van der Waals surface area contributed by atoms with Gasteiger partial charge in [0, 0.05) is 24.4 Å². The molecule has 0 saturated carbocycles. The van der Waals surface area contributed by atoms with Gasteiger partial charge in [-0.15, -0.1) is 0 Å². The van der Waals surface area contributed by atoms with Crippen molar-refractivity contribution in [2.24, 2.45) is 0 Å². The highest BCUT2D eigenvalue weighted by Crippen LogP contribution is 2.32. The minimum atomic E-state index is -1.23. The zero-order chi connectivity index (χ0) is 22.1. The first-order chi connectivity index (χ1) is 14.9. The first-order valence-corrected chi connectivity index (χ1v) is 9.41. The molecule has 0 spiro atoms. The Bertz CT molecular complexity index is 1110. The fraction of sp³-hybridized carbons (Fsp3) is 0.389. The second-order valence-electron chi connectivity index (χ2n) is 7.03. The van der Waals surface area contributed by atoms with Crippen molar-refractivity contribution in [3.8, 4) is 5.88 Å². The molecule has 2 aromatic heterocycles. The maximum absolute atomic E-state index is 10.4. The number of anilines is 1. The van der Waals surface area contributed by atoms with E-state index < -0.39 is 31.1 Å². The molecule has 0 bridgehead atoms. The number of fused-ring (bicyclic) bond motifs is 2. The van der Waals surface area contributed by atoms with E-state index in [-0.39, 0.29) is 27.7 Å². The molecule has 5 N–H and O–H groups in total. The SMILES string of the molecule is O=[N+]([O-])c1ccc2c(c1)CCN2.OC[C@H]1O[C@@H](n2cnc3c(O)ncnc32)[C@H](O)[C@@H]1O. The highest BCUT2D eigenvalue weighted by Gasteiger charge is 2.44. The average Bonchev–Trinajstić information content (AvgIpc) is 3.47. The van der Waals surface area contributed by atoms with Crippen molar-refractivity contribution in [2.45, 2.75) is 31.0 Å². The number of nitro groups is 1.